The van der Waals surface area contributed by atoms with Crippen molar-refractivity contribution in [2.75, 3.05) is 13.1 Å². The van der Waals surface area contributed by atoms with Crippen molar-refractivity contribution in [3.8, 4) is 11.5 Å². The average Bonchev–Trinajstić information content (AvgIpc) is 2.69. The van der Waals surface area contributed by atoms with E-state index in [1.54, 1.807) is 12.1 Å². The highest BCUT2D eigenvalue weighted by atomic mass is 19.1. The van der Waals surface area contributed by atoms with E-state index in [-0.39, 0.29) is 23.5 Å². The number of ether oxygens (including phenoxy) is 1. The number of aryl methyl sites for hydroxylation is 2. The second-order valence-corrected chi connectivity index (χ2v) is 7.71. The van der Waals surface area contributed by atoms with Crippen LogP contribution in [0.5, 0.6) is 11.5 Å². The van der Waals surface area contributed by atoms with Crippen LogP contribution in [0.2, 0.25) is 0 Å². The van der Waals surface area contributed by atoms with Gasteiger partial charge in [-0.3, -0.25) is 0 Å². The van der Waals surface area contributed by atoms with Crippen molar-refractivity contribution in [3.05, 3.63) is 59.2 Å². The number of rotatable bonds is 9. The molecule has 0 radical (unpaired) electrons. The predicted molar refractivity (Wildman–Crippen MR) is 107 cm³/mol. The summed E-state index contributed by atoms with van der Waals surface area (Å²) in [5.41, 5.74) is 1.64. The topological polar surface area (TPSA) is 41.5 Å². The van der Waals surface area contributed by atoms with Crippen molar-refractivity contribution in [1.82, 2.24) is 5.32 Å². The van der Waals surface area contributed by atoms with Crippen LogP contribution in [0.4, 0.5) is 8.78 Å². The molecule has 3 nitrogen and oxygen atoms in total. The highest BCUT2D eigenvalue weighted by molar-refractivity contribution is 5.36. The largest absolute Gasteiger partial charge is 0.508 e. The van der Waals surface area contributed by atoms with Crippen LogP contribution >= 0.6 is 0 Å². The molecule has 1 aliphatic rings. The molecular weight excluding hydrogens is 360 g/mol. The van der Waals surface area contributed by atoms with Gasteiger partial charge in [-0.05, 0) is 86.2 Å². The molecule has 1 heterocycles. The minimum atomic E-state index is -0.304. The molecule has 2 aromatic carbocycles. The first-order valence-corrected chi connectivity index (χ1v) is 10.2. The molecule has 0 spiro atoms. The lowest BCUT2D eigenvalue weighted by molar-refractivity contribution is 0.117. The maximum Gasteiger partial charge on any atom is 0.123 e. The number of nitrogens with one attached hydrogen (secondary N) is 1. The van der Waals surface area contributed by atoms with Gasteiger partial charge >= 0.3 is 0 Å². The summed E-state index contributed by atoms with van der Waals surface area (Å²) in [4.78, 5) is 0. The smallest absolute Gasteiger partial charge is 0.123 e. The van der Waals surface area contributed by atoms with E-state index in [1.165, 1.54) is 24.3 Å². The first kappa shape index (κ1) is 20.6. The molecule has 0 fully saturated rings. The molecular formula is C23H29F2NO2. The monoisotopic (exact) mass is 389 g/mol. The maximum atomic E-state index is 13.3. The molecule has 2 N–H and O–H groups in total. The van der Waals surface area contributed by atoms with E-state index >= 15 is 0 Å². The maximum absolute atomic E-state index is 13.3. The van der Waals surface area contributed by atoms with Gasteiger partial charge in [-0.25, -0.2) is 8.78 Å². The zero-order valence-corrected chi connectivity index (χ0v) is 16.4. The van der Waals surface area contributed by atoms with Crippen molar-refractivity contribution < 1.29 is 18.6 Å². The molecule has 1 aliphatic heterocycles. The zero-order valence-electron chi connectivity index (χ0n) is 16.4. The van der Waals surface area contributed by atoms with Gasteiger partial charge in [0.05, 0.1) is 0 Å². The summed E-state index contributed by atoms with van der Waals surface area (Å²) in [7, 11) is 0. The zero-order chi connectivity index (χ0) is 19.9. The molecule has 5 heteroatoms. The third kappa shape index (κ3) is 5.68. The van der Waals surface area contributed by atoms with Crippen molar-refractivity contribution >= 4 is 0 Å². The van der Waals surface area contributed by atoms with Gasteiger partial charge in [0.25, 0.3) is 0 Å². The van der Waals surface area contributed by atoms with E-state index in [4.69, 9.17) is 4.74 Å². The Morgan fingerprint density at radius 2 is 1.89 bits per heavy atom. The summed E-state index contributed by atoms with van der Waals surface area (Å²) < 4.78 is 32.5. The summed E-state index contributed by atoms with van der Waals surface area (Å²) in [6.07, 6.45) is 5.60. The Labute approximate surface area is 165 Å². The summed E-state index contributed by atoms with van der Waals surface area (Å²) >= 11 is 0. The molecule has 0 aromatic heterocycles. The van der Waals surface area contributed by atoms with Gasteiger partial charge in [-0.1, -0.05) is 13.3 Å². The first-order valence-electron chi connectivity index (χ1n) is 10.2. The Hall–Kier alpha value is -2.14. The van der Waals surface area contributed by atoms with E-state index in [0.29, 0.717) is 17.9 Å². The standard InChI is InChI=1S/C23H29F2NO2/c1-16(22-10-6-18-14-20(25)8-11-23(18)28-22)15-26-12-4-2-3-5-17-13-19(24)7-9-21(17)27/h7-9,11,13-14,16,22,26-27H,2-6,10,12,15H2,1H3. The molecule has 2 atom stereocenters. The molecule has 0 bridgehead atoms. The average molecular weight is 389 g/mol. The molecule has 0 aliphatic carbocycles. The van der Waals surface area contributed by atoms with Gasteiger partial charge in [0.1, 0.15) is 29.2 Å². The minimum Gasteiger partial charge on any atom is -0.508 e. The molecule has 0 amide bonds. The van der Waals surface area contributed by atoms with Crippen molar-refractivity contribution in [1.29, 1.82) is 0 Å². The lowest BCUT2D eigenvalue weighted by atomic mass is 9.94. The molecule has 28 heavy (non-hydrogen) atoms. The van der Waals surface area contributed by atoms with Crippen LogP contribution in [0.25, 0.3) is 0 Å². The van der Waals surface area contributed by atoms with Gasteiger partial charge in [0.2, 0.25) is 0 Å². The van der Waals surface area contributed by atoms with Gasteiger partial charge in [0.15, 0.2) is 0 Å². The fraction of sp³-hybridized carbons (Fsp3) is 0.478. The number of benzene rings is 2. The number of hydrogen-bond donors (Lipinski definition) is 2. The summed E-state index contributed by atoms with van der Waals surface area (Å²) in [6.45, 7) is 3.98. The van der Waals surface area contributed by atoms with Crippen LogP contribution < -0.4 is 10.1 Å². The van der Waals surface area contributed by atoms with Gasteiger partial charge in [0, 0.05) is 12.5 Å². The Balaban J connectivity index is 1.30. The van der Waals surface area contributed by atoms with Crippen LogP contribution in [-0.2, 0) is 12.8 Å². The Kier molecular flexibility index (Phi) is 7.26. The van der Waals surface area contributed by atoms with E-state index in [2.05, 4.69) is 12.2 Å². The lowest BCUT2D eigenvalue weighted by Gasteiger charge is -2.30. The molecule has 3 rings (SSSR count). The molecule has 2 aromatic rings. The van der Waals surface area contributed by atoms with Crippen molar-refractivity contribution in [3.63, 3.8) is 0 Å². The van der Waals surface area contributed by atoms with Crippen LogP contribution in [0.1, 0.15) is 43.7 Å². The number of hydrogen-bond acceptors (Lipinski definition) is 3. The van der Waals surface area contributed by atoms with E-state index in [9.17, 15) is 13.9 Å². The van der Waals surface area contributed by atoms with Crippen LogP contribution in [0.15, 0.2) is 36.4 Å². The molecule has 152 valence electrons. The van der Waals surface area contributed by atoms with Crippen LogP contribution in [0.3, 0.4) is 0 Å². The Bertz CT molecular complexity index is 781. The normalized spacial score (nSPS) is 17.0. The second-order valence-electron chi connectivity index (χ2n) is 7.71. The number of fused-ring (bicyclic) bond motifs is 1. The van der Waals surface area contributed by atoms with Gasteiger partial charge in [-0.15, -0.1) is 0 Å². The Morgan fingerprint density at radius 1 is 1.11 bits per heavy atom. The van der Waals surface area contributed by atoms with Crippen LogP contribution in [-0.4, -0.2) is 24.3 Å². The van der Waals surface area contributed by atoms with Crippen LogP contribution in [0, 0.1) is 17.6 Å². The lowest BCUT2D eigenvalue weighted by Crippen LogP contribution is -2.36. The third-order valence-corrected chi connectivity index (χ3v) is 5.44. The predicted octanol–water partition coefficient (Wildman–Crippen LogP) is 5.00. The minimum absolute atomic E-state index is 0.154. The van der Waals surface area contributed by atoms with E-state index < -0.39 is 0 Å². The molecule has 0 saturated heterocycles. The quantitative estimate of drug-likeness (QED) is 0.593. The van der Waals surface area contributed by atoms with Crippen molar-refractivity contribution in [2.24, 2.45) is 5.92 Å². The third-order valence-electron chi connectivity index (χ3n) is 5.44. The van der Waals surface area contributed by atoms with E-state index in [0.717, 1.165) is 56.5 Å². The fourth-order valence-electron chi connectivity index (χ4n) is 3.74. The number of phenolic OH excluding ortho intramolecular Hbond substituents is 1. The van der Waals surface area contributed by atoms with Crippen molar-refractivity contribution in [2.45, 2.75) is 51.6 Å². The summed E-state index contributed by atoms with van der Waals surface area (Å²) in [5.74, 6) is 0.849. The molecule has 2 unspecified atom stereocenters. The first-order chi connectivity index (χ1) is 13.5. The second kappa shape index (κ2) is 9.87. The SMILES string of the molecule is CC(CNCCCCCc1cc(F)ccc1O)C1CCc2cc(F)ccc2O1. The summed E-state index contributed by atoms with van der Waals surface area (Å²) in [5, 5.41) is 13.2. The van der Waals surface area contributed by atoms with E-state index in [1.807, 2.05) is 0 Å². The number of aromatic hydroxyl groups is 1. The Morgan fingerprint density at radius 3 is 2.75 bits per heavy atom. The molecule has 0 saturated carbocycles. The fourth-order valence-corrected chi connectivity index (χ4v) is 3.74. The summed E-state index contributed by atoms with van der Waals surface area (Å²) in [6, 6.07) is 8.84. The number of phenols is 1. The highest BCUT2D eigenvalue weighted by Crippen LogP contribution is 2.30. The van der Waals surface area contributed by atoms with Gasteiger partial charge < -0.3 is 15.2 Å². The number of halogens is 2. The number of unbranched alkanes of at least 4 members (excludes halogenated alkanes) is 2. The van der Waals surface area contributed by atoms with Gasteiger partial charge in [-0.2, -0.15) is 0 Å². The highest BCUT2D eigenvalue weighted by Gasteiger charge is 2.24.